The first-order chi connectivity index (χ1) is 10.1. The average molecular weight is 306 g/mol. The molecule has 6 nitrogen and oxygen atoms in total. The number of halogens is 2. The topological polar surface area (TPSA) is 71.3 Å². The van der Waals surface area contributed by atoms with Crippen LogP contribution in [0.1, 0.15) is 0 Å². The fourth-order valence-electron chi connectivity index (χ4n) is 1.82. The van der Waals surface area contributed by atoms with Crippen LogP contribution in [-0.4, -0.2) is 20.6 Å². The summed E-state index contributed by atoms with van der Waals surface area (Å²) in [6.07, 6.45) is 4.48. The molecule has 0 aliphatic carbocycles. The molecular formula is C13H9ClFN5O. The van der Waals surface area contributed by atoms with Gasteiger partial charge in [0, 0.05) is 18.1 Å². The number of fused-ring (bicyclic) bond motifs is 1. The Balaban J connectivity index is 1.78. The van der Waals surface area contributed by atoms with Crippen LogP contribution in [0.5, 0.6) is 0 Å². The molecule has 3 aromatic rings. The number of urea groups is 1. The zero-order valence-corrected chi connectivity index (χ0v) is 11.3. The maximum atomic E-state index is 14.1. The van der Waals surface area contributed by atoms with Gasteiger partial charge in [-0.15, -0.1) is 0 Å². The quantitative estimate of drug-likeness (QED) is 0.714. The zero-order valence-electron chi connectivity index (χ0n) is 10.5. The van der Waals surface area contributed by atoms with Crippen molar-refractivity contribution in [3.63, 3.8) is 0 Å². The summed E-state index contributed by atoms with van der Waals surface area (Å²) < 4.78 is 15.5. The van der Waals surface area contributed by atoms with Crippen molar-refractivity contribution in [3.05, 3.63) is 53.8 Å². The summed E-state index contributed by atoms with van der Waals surface area (Å²) in [5, 5.41) is 9.12. The van der Waals surface area contributed by atoms with Crippen LogP contribution in [0.4, 0.5) is 20.6 Å². The van der Waals surface area contributed by atoms with E-state index in [1.54, 1.807) is 12.3 Å². The number of amides is 2. The second kappa shape index (κ2) is 5.37. The minimum absolute atomic E-state index is 0.0562. The van der Waals surface area contributed by atoms with Gasteiger partial charge in [0.15, 0.2) is 5.82 Å². The molecule has 0 radical (unpaired) electrons. The number of hydrogen-bond acceptors (Lipinski definition) is 3. The molecule has 3 aromatic heterocycles. The molecule has 106 valence electrons. The average Bonchev–Trinajstić information content (AvgIpc) is 2.91. The molecule has 2 N–H and O–H groups in total. The number of pyridine rings is 2. The Labute approximate surface area is 123 Å². The normalized spacial score (nSPS) is 10.6. The lowest BCUT2D eigenvalue weighted by molar-refractivity contribution is 0.262. The summed E-state index contributed by atoms with van der Waals surface area (Å²) >= 11 is 5.71. The molecule has 0 aliphatic heterocycles. The molecule has 0 saturated heterocycles. The van der Waals surface area contributed by atoms with Gasteiger partial charge in [0.2, 0.25) is 0 Å². The van der Waals surface area contributed by atoms with Crippen molar-refractivity contribution in [1.82, 2.24) is 14.6 Å². The first kappa shape index (κ1) is 13.3. The number of carbonyl (C=O) groups excluding carboxylic acids is 1. The molecule has 8 heteroatoms. The highest BCUT2D eigenvalue weighted by Gasteiger charge is 2.11. The van der Waals surface area contributed by atoms with E-state index < -0.39 is 11.8 Å². The third-order valence-electron chi connectivity index (χ3n) is 2.75. The lowest BCUT2D eigenvalue weighted by Crippen LogP contribution is -2.20. The molecule has 0 bridgehead atoms. The predicted molar refractivity (Wildman–Crippen MR) is 77.0 cm³/mol. The van der Waals surface area contributed by atoms with Crippen molar-refractivity contribution in [2.75, 3.05) is 10.6 Å². The maximum absolute atomic E-state index is 14.1. The Morgan fingerprint density at radius 1 is 1.24 bits per heavy atom. The van der Waals surface area contributed by atoms with Gasteiger partial charge in [-0.05, 0) is 24.3 Å². The van der Waals surface area contributed by atoms with Crippen LogP contribution in [0.2, 0.25) is 5.15 Å². The van der Waals surface area contributed by atoms with Gasteiger partial charge >= 0.3 is 6.03 Å². The van der Waals surface area contributed by atoms with E-state index in [2.05, 4.69) is 20.7 Å². The highest BCUT2D eigenvalue weighted by atomic mass is 35.5. The van der Waals surface area contributed by atoms with E-state index in [0.29, 0.717) is 5.69 Å². The number of anilines is 2. The maximum Gasteiger partial charge on any atom is 0.323 e. The Morgan fingerprint density at radius 3 is 2.90 bits per heavy atom. The predicted octanol–water partition coefficient (Wildman–Crippen LogP) is 3.17. The van der Waals surface area contributed by atoms with Crippen molar-refractivity contribution in [2.24, 2.45) is 0 Å². The molecule has 3 heterocycles. The molecule has 21 heavy (non-hydrogen) atoms. The molecule has 3 rings (SSSR count). The van der Waals surface area contributed by atoms with Crippen molar-refractivity contribution >= 4 is 34.5 Å². The third kappa shape index (κ3) is 2.77. The molecule has 0 aromatic carbocycles. The highest BCUT2D eigenvalue weighted by Crippen LogP contribution is 2.19. The SMILES string of the molecule is O=C(Nc1ccnc(Cl)c1)Nc1ccn2nccc2c1F. The van der Waals surface area contributed by atoms with Gasteiger partial charge in [-0.25, -0.2) is 18.7 Å². The second-order valence-corrected chi connectivity index (χ2v) is 4.54. The van der Waals surface area contributed by atoms with Crippen LogP contribution < -0.4 is 10.6 Å². The Kier molecular flexibility index (Phi) is 3.41. The largest absolute Gasteiger partial charge is 0.323 e. The third-order valence-corrected chi connectivity index (χ3v) is 2.95. The standard InChI is InChI=1S/C13H9ClFN5O/c14-11-7-8(1-4-16-11)18-13(21)19-9-3-6-20-10(12(9)15)2-5-17-20/h1-7H,(H2,16,18,19,21). The monoisotopic (exact) mass is 305 g/mol. The number of nitrogens with one attached hydrogen (secondary N) is 2. The number of carbonyl (C=O) groups is 1. The van der Waals surface area contributed by atoms with Crippen LogP contribution in [0.25, 0.3) is 5.52 Å². The number of hydrogen-bond donors (Lipinski definition) is 2. The summed E-state index contributed by atoms with van der Waals surface area (Å²) in [4.78, 5) is 15.6. The van der Waals surface area contributed by atoms with Gasteiger partial charge < -0.3 is 10.6 Å². The van der Waals surface area contributed by atoms with Gasteiger partial charge in [0.25, 0.3) is 0 Å². The van der Waals surface area contributed by atoms with Crippen molar-refractivity contribution in [1.29, 1.82) is 0 Å². The highest BCUT2D eigenvalue weighted by molar-refractivity contribution is 6.29. The molecular weight excluding hydrogens is 297 g/mol. The number of rotatable bonds is 2. The van der Waals surface area contributed by atoms with Gasteiger partial charge in [-0.2, -0.15) is 5.10 Å². The van der Waals surface area contributed by atoms with Crippen LogP contribution in [0.3, 0.4) is 0 Å². The summed E-state index contributed by atoms with van der Waals surface area (Å²) in [7, 11) is 0. The Bertz CT molecular complexity index is 819. The lowest BCUT2D eigenvalue weighted by Gasteiger charge is -2.09. The molecule has 2 amide bonds. The van der Waals surface area contributed by atoms with Crippen molar-refractivity contribution in [3.8, 4) is 0 Å². The molecule has 0 saturated carbocycles. The van der Waals surface area contributed by atoms with Gasteiger partial charge in [0.1, 0.15) is 10.7 Å². The minimum atomic E-state index is -0.583. The van der Waals surface area contributed by atoms with Crippen LogP contribution in [0.15, 0.2) is 42.9 Å². The number of aromatic nitrogens is 3. The molecule has 0 spiro atoms. The van der Waals surface area contributed by atoms with E-state index >= 15 is 0 Å². The lowest BCUT2D eigenvalue weighted by atomic mass is 10.3. The Hall–Kier alpha value is -2.67. The van der Waals surface area contributed by atoms with E-state index in [1.165, 1.54) is 35.1 Å². The fraction of sp³-hybridized carbons (Fsp3) is 0. The van der Waals surface area contributed by atoms with Crippen LogP contribution >= 0.6 is 11.6 Å². The molecule has 0 atom stereocenters. The smallest absolute Gasteiger partial charge is 0.308 e. The van der Waals surface area contributed by atoms with Gasteiger partial charge in [0.05, 0.1) is 11.9 Å². The van der Waals surface area contributed by atoms with Crippen molar-refractivity contribution in [2.45, 2.75) is 0 Å². The van der Waals surface area contributed by atoms with E-state index in [4.69, 9.17) is 11.6 Å². The molecule has 0 aliphatic rings. The minimum Gasteiger partial charge on any atom is -0.308 e. The zero-order chi connectivity index (χ0) is 14.8. The first-order valence-electron chi connectivity index (χ1n) is 5.95. The fourth-order valence-corrected chi connectivity index (χ4v) is 2.00. The van der Waals surface area contributed by atoms with E-state index in [9.17, 15) is 9.18 Å². The molecule has 0 fully saturated rings. The van der Waals surface area contributed by atoms with Gasteiger partial charge in [-0.3, -0.25) is 0 Å². The molecule has 0 unspecified atom stereocenters. The summed E-state index contributed by atoms with van der Waals surface area (Å²) in [5.41, 5.74) is 0.791. The number of nitrogens with zero attached hydrogens (tertiary/aromatic N) is 3. The summed E-state index contributed by atoms with van der Waals surface area (Å²) in [5.74, 6) is -0.557. The first-order valence-corrected chi connectivity index (χ1v) is 6.33. The summed E-state index contributed by atoms with van der Waals surface area (Å²) in [6, 6.07) is 5.41. The van der Waals surface area contributed by atoms with Crippen LogP contribution in [-0.2, 0) is 0 Å². The van der Waals surface area contributed by atoms with E-state index in [-0.39, 0.29) is 16.4 Å². The van der Waals surface area contributed by atoms with E-state index in [1.807, 2.05) is 0 Å². The van der Waals surface area contributed by atoms with Crippen LogP contribution in [0, 0.1) is 5.82 Å². The second-order valence-electron chi connectivity index (χ2n) is 4.15. The summed E-state index contributed by atoms with van der Waals surface area (Å²) in [6.45, 7) is 0. The van der Waals surface area contributed by atoms with E-state index in [0.717, 1.165) is 0 Å². The Morgan fingerprint density at radius 2 is 2.10 bits per heavy atom. The van der Waals surface area contributed by atoms with Gasteiger partial charge in [-0.1, -0.05) is 11.6 Å². The van der Waals surface area contributed by atoms with Crippen molar-refractivity contribution < 1.29 is 9.18 Å².